The Labute approximate surface area is 206 Å². The molecule has 1 saturated heterocycles. The predicted molar refractivity (Wildman–Crippen MR) is 136 cm³/mol. The third-order valence-corrected chi connectivity index (χ3v) is 6.60. The second kappa shape index (κ2) is 11.6. The van der Waals surface area contributed by atoms with Crippen LogP contribution >= 0.6 is 0 Å². The van der Waals surface area contributed by atoms with E-state index in [1.54, 1.807) is 38.5 Å². The van der Waals surface area contributed by atoms with Crippen molar-refractivity contribution in [2.75, 3.05) is 33.9 Å². The predicted octanol–water partition coefficient (Wildman–Crippen LogP) is 4.31. The standard InChI is InChI=1S/C29H32N2O4/c1-34-26-14-12-23(13-15-26)29(33)31-19-24(21-8-4-3-5-9-21)18-25(20-31)28(32)30-17-16-22-10-6-7-11-27(22)35-2/h3-15,24-25H,16-20H2,1-2H3,(H,30,32)/t24-,25+/m1/s1. The highest BCUT2D eigenvalue weighted by atomic mass is 16.5. The number of carbonyl (C=O) groups excluding carboxylic acids is 2. The van der Waals surface area contributed by atoms with E-state index in [1.807, 2.05) is 47.4 Å². The molecule has 3 aromatic rings. The highest BCUT2D eigenvalue weighted by Crippen LogP contribution is 2.31. The van der Waals surface area contributed by atoms with Gasteiger partial charge in [-0.3, -0.25) is 9.59 Å². The molecule has 0 unspecified atom stereocenters. The first-order valence-corrected chi connectivity index (χ1v) is 12.0. The minimum absolute atomic E-state index is 0.0203. The second-order valence-electron chi connectivity index (χ2n) is 8.83. The number of ether oxygens (including phenoxy) is 2. The first-order valence-electron chi connectivity index (χ1n) is 12.0. The number of methoxy groups -OCH3 is 2. The van der Waals surface area contributed by atoms with Gasteiger partial charge in [-0.2, -0.15) is 0 Å². The van der Waals surface area contributed by atoms with Gasteiger partial charge in [-0.25, -0.2) is 0 Å². The summed E-state index contributed by atoms with van der Waals surface area (Å²) in [4.78, 5) is 28.4. The number of hydrogen-bond donors (Lipinski definition) is 1. The van der Waals surface area contributed by atoms with Crippen molar-refractivity contribution < 1.29 is 19.1 Å². The lowest BCUT2D eigenvalue weighted by molar-refractivity contribution is -0.126. The van der Waals surface area contributed by atoms with Gasteiger partial charge in [0.15, 0.2) is 0 Å². The summed E-state index contributed by atoms with van der Waals surface area (Å²) in [5.41, 5.74) is 2.79. The van der Waals surface area contributed by atoms with Crippen LogP contribution in [-0.2, 0) is 11.2 Å². The fourth-order valence-electron chi connectivity index (χ4n) is 4.71. The second-order valence-corrected chi connectivity index (χ2v) is 8.83. The number of amides is 2. The zero-order valence-corrected chi connectivity index (χ0v) is 20.3. The Hall–Kier alpha value is -3.80. The van der Waals surface area contributed by atoms with Crippen LogP contribution in [0, 0.1) is 5.92 Å². The summed E-state index contributed by atoms with van der Waals surface area (Å²) >= 11 is 0. The molecule has 1 fully saturated rings. The van der Waals surface area contributed by atoms with Crippen molar-refractivity contribution in [3.63, 3.8) is 0 Å². The normalized spacial score (nSPS) is 17.5. The van der Waals surface area contributed by atoms with Crippen LogP contribution in [-0.4, -0.2) is 50.6 Å². The molecule has 0 spiro atoms. The number of benzene rings is 3. The zero-order chi connectivity index (χ0) is 24.6. The maximum atomic E-state index is 13.4. The molecule has 4 rings (SSSR count). The molecular weight excluding hydrogens is 440 g/mol. The number of nitrogens with one attached hydrogen (secondary N) is 1. The summed E-state index contributed by atoms with van der Waals surface area (Å²) in [6, 6.07) is 25.1. The Morgan fingerprint density at radius 2 is 1.60 bits per heavy atom. The van der Waals surface area contributed by atoms with E-state index in [0.29, 0.717) is 43.8 Å². The van der Waals surface area contributed by atoms with Crippen molar-refractivity contribution in [3.05, 3.63) is 95.6 Å². The Balaban J connectivity index is 1.46. The highest BCUT2D eigenvalue weighted by molar-refractivity contribution is 5.95. The van der Waals surface area contributed by atoms with Crippen molar-refractivity contribution in [1.29, 1.82) is 0 Å². The SMILES string of the molecule is COc1ccc(C(=O)N2C[C@@H](C(=O)NCCc3ccccc3OC)C[C@@H](c3ccccc3)C2)cc1. The van der Waals surface area contributed by atoms with E-state index < -0.39 is 0 Å². The average molecular weight is 473 g/mol. The molecule has 0 bridgehead atoms. The molecule has 2 atom stereocenters. The molecule has 1 heterocycles. The number of carbonyl (C=O) groups is 2. The number of piperidine rings is 1. The van der Waals surface area contributed by atoms with Crippen LogP contribution in [0.2, 0.25) is 0 Å². The van der Waals surface area contributed by atoms with Crippen LogP contribution in [0.5, 0.6) is 11.5 Å². The van der Waals surface area contributed by atoms with Crippen molar-refractivity contribution in [3.8, 4) is 11.5 Å². The smallest absolute Gasteiger partial charge is 0.253 e. The summed E-state index contributed by atoms with van der Waals surface area (Å²) in [6.07, 6.45) is 1.38. The van der Waals surface area contributed by atoms with Crippen molar-refractivity contribution >= 4 is 11.8 Å². The average Bonchev–Trinajstić information content (AvgIpc) is 2.93. The van der Waals surface area contributed by atoms with Gasteiger partial charge in [-0.15, -0.1) is 0 Å². The summed E-state index contributed by atoms with van der Waals surface area (Å²) in [5, 5.41) is 3.09. The minimum atomic E-state index is -0.283. The molecule has 0 aromatic heterocycles. The highest BCUT2D eigenvalue weighted by Gasteiger charge is 2.34. The van der Waals surface area contributed by atoms with Gasteiger partial charge >= 0.3 is 0 Å². The van der Waals surface area contributed by atoms with Gasteiger partial charge in [-0.05, 0) is 54.3 Å². The number of likely N-dealkylation sites (tertiary alicyclic amines) is 1. The van der Waals surface area contributed by atoms with E-state index in [-0.39, 0.29) is 23.7 Å². The molecule has 1 aliphatic heterocycles. The molecule has 6 heteroatoms. The summed E-state index contributed by atoms with van der Waals surface area (Å²) in [7, 11) is 3.25. The van der Waals surface area contributed by atoms with E-state index in [1.165, 1.54) is 0 Å². The number of nitrogens with zero attached hydrogens (tertiary/aromatic N) is 1. The minimum Gasteiger partial charge on any atom is -0.497 e. The van der Waals surface area contributed by atoms with E-state index in [0.717, 1.165) is 16.9 Å². The Bertz CT molecular complexity index is 1130. The third kappa shape index (κ3) is 6.01. The lowest BCUT2D eigenvalue weighted by Crippen LogP contribution is -2.48. The van der Waals surface area contributed by atoms with Gasteiger partial charge in [-0.1, -0.05) is 48.5 Å². The largest absolute Gasteiger partial charge is 0.497 e. The summed E-state index contributed by atoms with van der Waals surface area (Å²) in [5.74, 6) is 1.24. The van der Waals surface area contributed by atoms with Gasteiger partial charge in [0.25, 0.3) is 5.91 Å². The van der Waals surface area contributed by atoms with Crippen LogP contribution in [0.3, 0.4) is 0 Å². The van der Waals surface area contributed by atoms with E-state index >= 15 is 0 Å². The molecule has 0 aliphatic carbocycles. The summed E-state index contributed by atoms with van der Waals surface area (Å²) in [6.45, 7) is 1.49. The van der Waals surface area contributed by atoms with Gasteiger partial charge in [0.05, 0.1) is 20.1 Å². The molecule has 0 saturated carbocycles. The fourth-order valence-corrected chi connectivity index (χ4v) is 4.71. The van der Waals surface area contributed by atoms with E-state index in [9.17, 15) is 9.59 Å². The molecule has 2 amide bonds. The van der Waals surface area contributed by atoms with Crippen molar-refractivity contribution in [1.82, 2.24) is 10.2 Å². The van der Waals surface area contributed by atoms with Crippen LogP contribution in [0.4, 0.5) is 0 Å². The number of hydrogen-bond acceptors (Lipinski definition) is 4. The van der Waals surface area contributed by atoms with Crippen molar-refractivity contribution in [2.24, 2.45) is 5.92 Å². The van der Waals surface area contributed by atoms with Gasteiger partial charge in [0, 0.05) is 31.1 Å². The molecule has 182 valence electrons. The number of rotatable bonds is 8. The molecule has 1 aliphatic rings. The van der Waals surface area contributed by atoms with Gasteiger partial charge in [0.1, 0.15) is 11.5 Å². The lowest BCUT2D eigenvalue weighted by atomic mass is 9.83. The van der Waals surface area contributed by atoms with Crippen LogP contribution in [0.25, 0.3) is 0 Å². The zero-order valence-electron chi connectivity index (χ0n) is 20.3. The Morgan fingerprint density at radius 1 is 0.886 bits per heavy atom. The first-order chi connectivity index (χ1) is 17.1. The molecule has 3 aromatic carbocycles. The summed E-state index contributed by atoms with van der Waals surface area (Å²) < 4.78 is 10.6. The maximum absolute atomic E-state index is 13.4. The first kappa shape index (κ1) is 24.3. The topological polar surface area (TPSA) is 67.9 Å². The van der Waals surface area contributed by atoms with E-state index in [2.05, 4.69) is 17.4 Å². The number of para-hydroxylation sites is 1. The molecule has 35 heavy (non-hydrogen) atoms. The molecule has 0 radical (unpaired) electrons. The van der Waals surface area contributed by atoms with Crippen LogP contribution < -0.4 is 14.8 Å². The van der Waals surface area contributed by atoms with Crippen LogP contribution in [0.1, 0.15) is 33.8 Å². The monoisotopic (exact) mass is 472 g/mol. The maximum Gasteiger partial charge on any atom is 0.253 e. The molecular formula is C29H32N2O4. The molecule has 1 N–H and O–H groups in total. The quantitative estimate of drug-likeness (QED) is 0.531. The Kier molecular flexibility index (Phi) is 8.03. The van der Waals surface area contributed by atoms with E-state index in [4.69, 9.17) is 9.47 Å². The lowest BCUT2D eigenvalue weighted by Gasteiger charge is -2.37. The third-order valence-electron chi connectivity index (χ3n) is 6.60. The van der Waals surface area contributed by atoms with Crippen molar-refractivity contribution in [2.45, 2.75) is 18.8 Å². The molecule has 6 nitrogen and oxygen atoms in total. The fraction of sp³-hybridized carbons (Fsp3) is 0.310. The van der Waals surface area contributed by atoms with Crippen LogP contribution in [0.15, 0.2) is 78.9 Å². The van der Waals surface area contributed by atoms with Gasteiger partial charge in [0.2, 0.25) is 5.91 Å². The Morgan fingerprint density at radius 3 is 2.31 bits per heavy atom. The van der Waals surface area contributed by atoms with Gasteiger partial charge < -0.3 is 19.7 Å².